The first-order valence-corrected chi connectivity index (χ1v) is 5.58. The van der Waals surface area contributed by atoms with Gasteiger partial charge in [-0.15, -0.1) is 0 Å². The minimum atomic E-state index is -3.89. The zero-order valence-electron chi connectivity index (χ0n) is 6.45. The molecule has 1 amide bonds. The van der Waals surface area contributed by atoms with E-state index in [9.17, 15) is 13.2 Å². The normalized spacial score (nSPS) is 19.3. The van der Waals surface area contributed by atoms with Crippen LogP contribution in [0.1, 0.15) is 13.3 Å². The number of nitrogens with zero attached hydrogens (tertiary/aromatic N) is 1. The van der Waals surface area contributed by atoms with Gasteiger partial charge in [0.1, 0.15) is 0 Å². The second-order valence-electron chi connectivity index (χ2n) is 2.59. The maximum Gasteiger partial charge on any atom is 0.324 e. The van der Waals surface area contributed by atoms with Gasteiger partial charge in [0.2, 0.25) is 5.91 Å². The van der Waals surface area contributed by atoms with Crippen molar-refractivity contribution < 1.29 is 13.2 Å². The summed E-state index contributed by atoms with van der Waals surface area (Å²) < 4.78 is 22.1. The van der Waals surface area contributed by atoms with Crippen LogP contribution in [0.2, 0.25) is 0 Å². The van der Waals surface area contributed by atoms with E-state index in [1.54, 1.807) is 13.0 Å². The molecule has 0 spiro atoms. The maximum absolute atomic E-state index is 11.1. The largest absolute Gasteiger partial charge is 0.324 e. The molecule has 1 heterocycles. The Morgan fingerprint density at radius 1 is 1.58 bits per heavy atom. The summed E-state index contributed by atoms with van der Waals surface area (Å²) in [6, 6.07) is 0. The predicted octanol–water partition coefficient (Wildman–Crippen LogP) is 0.649. The quantitative estimate of drug-likeness (QED) is 0.471. The van der Waals surface area contributed by atoms with E-state index < -0.39 is 15.1 Å². The summed E-state index contributed by atoms with van der Waals surface area (Å²) in [6.45, 7) is 1.83. The van der Waals surface area contributed by atoms with Gasteiger partial charge in [-0.1, -0.05) is 11.6 Å². The first-order chi connectivity index (χ1) is 5.41. The number of carbonyl (C=O) groups is 1. The van der Waals surface area contributed by atoms with E-state index in [4.69, 9.17) is 10.7 Å². The molecule has 0 bridgehead atoms. The molecule has 0 atom stereocenters. The van der Waals surface area contributed by atoms with Crippen molar-refractivity contribution in [3.05, 3.63) is 11.6 Å². The third kappa shape index (κ3) is 1.98. The molecule has 0 aromatic rings. The maximum atomic E-state index is 11.1. The van der Waals surface area contributed by atoms with Crippen LogP contribution in [0.5, 0.6) is 0 Å². The summed E-state index contributed by atoms with van der Waals surface area (Å²) >= 11 is 0. The highest BCUT2D eigenvalue weighted by Crippen LogP contribution is 2.16. The number of hydrogen-bond acceptors (Lipinski definition) is 3. The fourth-order valence-electron chi connectivity index (χ4n) is 0.950. The van der Waals surface area contributed by atoms with Crippen molar-refractivity contribution >= 4 is 25.8 Å². The molecule has 1 aliphatic heterocycles. The van der Waals surface area contributed by atoms with Crippen molar-refractivity contribution in [1.82, 2.24) is 4.31 Å². The summed E-state index contributed by atoms with van der Waals surface area (Å²) in [5.41, 5.74) is 0.872. The molecule has 0 saturated carbocycles. The fraction of sp³-hybridized carbons (Fsp3) is 0.500. The Morgan fingerprint density at radius 2 is 2.17 bits per heavy atom. The van der Waals surface area contributed by atoms with Gasteiger partial charge in [-0.05, 0) is 6.92 Å². The lowest BCUT2D eigenvalue weighted by molar-refractivity contribution is -0.125. The van der Waals surface area contributed by atoms with Gasteiger partial charge in [0, 0.05) is 17.1 Å². The minimum Gasteiger partial charge on any atom is -0.273 e. The zero-order valence-corrected chi connectivity index (χ0v) is 8.02. The first-order valence-electron chi connectivity index (χ1n) is 3.32. The minimum absolute atomic E-state index is 0.0521. The van der Waals surface area contributed by atoms with E-state index >= 15 is 0 Å². The van der Waals surface area contributed by atoms with Crippen molar-refractivity contribution in [3.8, 4) is 0 Å². The molecule has 1 rings (SSSR count). The average Bonchev–Trinajstić information content (AvgIpc) is 1.83. The van der Waals surface area contributed by atoms with E-state index in [-0.39, 0.29) is 13.0 Å². The van der Waals surface area contributed by atoms with E-state index in [2.05, 4.69) is 0 Å². The number of hydrogen-bond donors (Lipinski definition) is 0. The van der Waals surface area contributed by atoms with Gasteiger partial charge >= 0.3 is 9.24 Å². The van der Waals surface area contributed by atoms with Gasteiger partial charge in [0.25, 0.3) is 0 Å². The first kappa shape index (κ1) is 9.54. The van der Waals surface area contributed by atoms with Gasteiger partial charge in [0.05, 0.1) is 6.54 Å². The number of rotatable bonds is 1. The Labute approximate surface area is 75.4 Å². The molecule has 4 nitrogen and oxygen atoms in total. The molecule has 0 aliphatic carbocycles. The molecule has 0 aromatic carbocycles. The smallest absolute Gasteiger partial charge is 0.273 e. The van der Waals surface area contributed by atoms with Crippen molar-refractivity contribution in [3.63, 3.8) is 0 Å². The van der Waals surface area contributed by atoms with E-state index in [0.717, 1.165) is 5.57 Å². The highest BCUT2D eigenvalue weighted by atomic mass is 35.7. The lowest BCUT2D eigenvalue weighted by atomic mass is 10.1. The van der Waals surface area contributed by atoms with Crippen LogP contribution in [0.25, 0.3) is 0 Å². The van der Waals surface area contributed by atoms with Crippen LogP contribution in [0, 0.1) is 0 Å². The molecule has 68 valence electrons. The molecular weight excluding hydrogens is 202 g/mol. The van der Waals surface area contributed by atoms with Crippen LogP contribution >= 0.6 is 10.7 Å². The highest BCUT2D eigenvalue weighted by molar-refractivity contribution is 8.12. The predicted molar refractivity (Wildman–Crippen MR) is 44.9 cm³/mol. The average molecular weight is 210 g/mol. The molecule has 0 radical (unpaired) electrons. The van der Waals surface area contributed by atoms with Gasteiger partial charge < -0.3 is 0 Å². The van der Waals surface area contributed by atoms with Crippen LogP contribution in [-0.4, -0.2) is 25.2 Å². The topological polar surface area (TPSA) is 54.5 Å². The molecule has 6 heteroatoms. The highest BCUT2D eigenvalue weighted by Gasteiger charge is 2.26. The third-order valence-electron chi connectivity index (χ3n) is 1.58. The van der Waals surface area contributed by atoms with Crippen LogP contribution in [0.15, 0.2) is 11.6 Å². The lowest BCUT2D eigenvalue weighted by Crippen LogP contribution is -2.36. The molecule has 0 aromatic heterocycles. The molecule has 0 N–H and O–H groups in total. The van der Waals surface area contributed by atoms with Gasteiger partial charge in [-0.2, -0.15) is 8.42 Å². The van der Waals surface area contributed by atoms with Crippen molar-refractivity contribution in [2.75, 3.05) is 6.54 Å². The van der Waals surface area contributed by atoms with Crippen molar-refractivity contribution in [2.45, 2.75) is 13.3 Å². The summed E-state index contributed by atoms with van der Waals surface area (Å²) in [5.74, 6) is -0.468. The Morgan fingerprint density at radius 3 is 2.58 bits per heavy atom. The number of carbonyl (C=O) groups excluding carboxylic acids is 1. The van der Waals surface area contributed by atoms with Gasteiger partial charge in [-0.25, -0.2) is 4.31 Å². The second kappa shape index (κ2) is 3.06. The summed E-state index contributed by atoms with van der Waals surface area (Å²) in [5, 5.41) is 0. The van der Waals surface area contributed by atoms with Crippen molar-refractivity contribution in [1.29, 1.82) is 0 Å². The number of halogens is 1. The molecule has 0 unspecified atom stereocenters. The number of amides is 1. The Balaban J connectivity index is 2.92. The van der Waals surface area contributed by atoms with Crippen LogP contribution in [0.4, 0.5) is 0 Å². The summed E-state index contributed by atoms with van der Waals surface area (Å²) in [4.78, 5) is 11.1. The summed E-state index contributed by atoms with van der Waals surface area (Å²) in [6.07, 6.45) is 1.80. The summed E-state index contributed by atoms with van der Waals surface area (Å²) in [7, 11) is 1.12. The lowest BCUT2D eigenvalue weighted by Gasteiger charge is -2.21. The van der Waals surface area contributed by atoms with E-state index in [0.29, 0.717) is 4.31 Å². The SMILES string of the molecule is CC1=CCN(S(=O)(=O)Cl)C(=O)C1. The molecular formula is C6H8ClNO3S. The Bertz CT molecular complexity index is 333. The van der Waals surface area contributed by atoms with Crippen LogP contribution in [-0.2, 0) is 14.0 Å². The van der Waals surface area contributed by atoms with Gasteiger partial charge in [-0.3, -0.25) is 4.79 Å². The molecule has 0 saturated heterocycles. The van der Waals surface area contributed by atoms with E-state index in [1.807, 2.05) is 0 Å². The fourth-order valence-corrected chi connectivity index (χ4v) is 1.91. The monoisotopic (exact) mass is 209 g/mol. The Hall–Kier alpha value is -0.550. The zero-order chi connectivity index (χ0) is 9.35. The van der Waals surface area contributed by atoms with Gasteiger partial charge in [0.15, 0.2) is 0 Å². The third-order valence-corrected chi connectivity index (χ3v) is 2.96. The second-order valence-corrected chi connectivity index (χ2v) is 5.03. The van der Waals surface area contributed by atoms with Crippen LogP contribution in [0.3, 0.4) is 0 Å². The molecule has 12 heavy (non-hydrogen) atoms. The standard InChI is InChI=1S/C6H8ClNO3S/c1-5-2-3-8(6(9)4-5)12(7,10)11/h2H,3-4H2,1H3. The molecule has 0 fully saturated rings. The Kier molecular flexibility index (Phi) is 2.44. The van der Waals surface area contributed by atoms with Crippen LogP contribution < -0.4 is 0 Å². The van der Waals surface area contributed by atoms with E-state index in [1.165, 1.54) is 0 Å². The molecule has 1 aliphatic rings. The van der Waals surface area contributed by atoms with Crippen molar-refractivity contribution in [2.24, 2.45) is 0 Å².